The van der Waals surface area contributed by atoms with Gasteiger partial charge in [0.15, 0.2) is 5.78 Å². The van der Waals surface area contributed by atoms with Gasteiger partial charge in [0.25, 0.3) is 0 Å². The number of benzene rings is 2. The van der Waals surface area contributed by atoms with Crippen LogP contribution in [0.1, 0.15) is 27.4 Å². The molecule has 0 aromatic heterocycles. The van der Waals surface area contributed by atoms with Gasteiger partial charge < -0.3 is 0 Å². The summed E-state index contributed by atoms with van der Waals surface area (Å²) in [5.74, 6) is -4.96. The standard InChI is InChI=1S/C16H10F3NO/c1-9-3-2-4-12(15(9)19)16(21)13(8-20)11-6-5-10(17)7-14(11)18/h2-7,13H,1H3. The molecule has 0 radical (unpaired) electrons. The lowest BCUT2D eigenvalue weighted by molar-refractivity contribution is 0.0973. The highest BCUT2D eigenvalue weighted by Gasteiger charge is 2.27. The molecule has 2 aromatic carbocycles. The molecule has 0 bridgehead atoms. The van der Waals surface area contributed by atoms with Gasteiger partial charge in [-0.15, -0.1) is 0 Å². The lowest BCUT2D eigenvalue weighted by atomic mass is 9.90. The fourth-order valence-electron chi connectivity index (χ4n) is 2.00. The second-order valence-electron chi connectivity index (χ2n) is 4.53. The number of rotatable bonds is 3. The molecule has 0 fully saturated rings. The lowest BCUT2D eigenvalue weighted by Gasteiger charge is -2.11. The van der Waals surface area contributed by atoms with Crippen LogP contribution < -0.4 is 0 Å². The maximum absolute atomic E-state index is 13.9. The van der Waals surface area contributed by atoms with Crippen LogP contribution in [0.15, 0.2) is 36.4 Å². The van der Waals surface area contributed by atoms with Gasteiger partial charge in [0, 0.05) is 11.6 Å². The number of carbonyl (C=O) groups is 1. The molecule has 0 heterocycles. The number of hydrogen-bond donors (Lipinski definition) is 0. The fraction of sp³-hybridized carbons (Fsp3) is 0.125. The Morgan fingerprint density at radius 2 is 1.90 bits per heavy atom. The number of halogens is 3. The van der Waals surface area contributed by atoms with Crippen molar-refractivity contribution in [3.05, 3.63) is 70.5 Å². The normalized spacial score (nSPS) is 11.8. The lowest BCUT2D eigenvalue weighted by Crippen LogP contribution is -2.15. The number of nitrogens with zero attached hydrogens (tertiary/aromatic N) is 1. The van der Waals surface area contributed by atoms with Crippen LogP contribution in [0, 0.1) is 35.7 Å². The predicted molar refractivity (Wildman–Crippen MR) is 70.2 cm³/mol. The third-order valence-corrected chi connectivity index (χ3v) is 3.12. The molecule has 106 valence electrons. The Balaban J connectivity index is 2.49. The van der Waals surface area contributed by atoms with E-state index in [4.69, 9.17) is 5.26 Å². The molecule has 0 N–H and O–H groups in total. The van der Waals surface area contributed by atoms with Crippen molar-refractivity contribution in [1.29, 1.82) is 5.26 Å². The molecule has 2 rings (SSSR count). The molecule has 0 spiro atoms. The van der Waals surface area contributed by atoms with Crippen molar-refractivity contribution in [1.82, 2.24) is 0 Å². The maximum atomic E-state index is 13.9. The van der Waals surface area contributed by atoms with Gasteiger partial charge in [-0.1, -0.05) is 18.2 Å². The van der Waals surface area contributed by atoms with E-state index in [1.807, 2.05) is 0 Å². The fourth-order valence-corrected chi connectivity index (χ4v) is 2.00. The van der Waals surface area contributed by atoms with E-state index in [1.165, 1.54) is 25.1 Å². The molecule has 2 aromatic rings. The molecular weight excluding hydrogens is 279 g/mol. The molecule has 0 aliphatic rings. The first-order valence-corrected chi connectivity index (χ1v) is 6.09. The molecule has 5 heteroatoms. The van der Waals surface area contributed by atoms with E-state index >= 15 is 0 Å². The van der Waals surface area contributed by atoms with Crippen molar-refractivity contribution in [2.75, 3.05) is 0 Å². The summed E-state index contributed by atoms with van der Waals surface area (Å²) in [6.07, 6.45) is 0. The van der Waals surface area contributed by atoms with Crippen LogP contribution in [0.4, 0.5) is 13.2 Å². The van der Waals surface area contributed by atoms with Crippen LogP contribution in [0.25, 0.3) is 0 Å². The van der Waals surface area contributed by atoms with Crippen LogP contribution in [0.2, 0.25) is 0 Å². The van der Waals surface area contributed by atoms with Gasteiger partial charge in [-0.25, -0.2) is 13.2 Å². The van der Waals surface area contributed by atoms with Gasteiger partial charge in [-0.2, -0.15) is 5.26 Å². The van der Waals surface area contributed by atoms with Crippen molar-refractivity contribution < 1.29 is 18.0 Å². The Kier molecular flexibility index (Phi) is 4.08. The average Bonchev–Trinajstić information content (AvgIpc) is 2.44. The number of nitriles is 1. The minimum absolute atomic E-state index is 0.247. The van der Waals surface area contributed by atoms with Gasteiger partial charge in [-0.05, 0) is 24.6 Å². The van der Waals surface area contributed by atoms with Gasteiger partial charge >= 0.3 is 0 Å². The van der Waals surface area contributed by atoms with E-state index < -0.39 is 29.2 Å². The Morgan fingerprint density at radius 1 is 1.19 bits per heavy atom. The largest absolute Gasteiger partial charge is 0.292 e. The third-order valence-electron chi connectivity index (χ3n) is 3.12. The summed E-state index contributed by atoms with van der Waals surface area (Å²) in [5.41, 5.74) is -0.313. The van der Waals surface area contributed by atoms with E-state index in [1.54, 1.807) is 6.07 Å². The van der Waals surface area contributed by atoms with E-state index in [9.17, 15) is 18.0 Å². The third kappa shape index (κ3) is 2.79. The Hall–Kier alpha value is -2.61. The number of ketones is 1. The van der Waals surface area contributed by atoms with Crippen LogP contribution in [-0.4, -0.2) is 5.78 Å². The first-order chi connectivity index (χ1) is 9.95. The zero-order chi connectivity index (χ0) is 15.6. The highest BCUT2D eigenvalue weighted by molar-refractivity contribution is 6.03. The van der Waals surface area contributed by atoms with Crippen LogP contribution in [0.3, 0.4) is 0 Å². The second-order valence-corrected chi connectivity index (χ2v) is 4.53. The second kappa shape index (κ2) is 5.80. The first kappa shape index (κ1) is 14.8. The average molecular weight is 289 g/mol. The smallest absolute Gasteiger partial charge is 0.187 e. The highest BCUT2D eigenvalue weighted by atomic mass is 19.1. The highest BCUT2D eigenvalue weighted by Crippen LogP contribution is 2.25. The molecule has 1 atom stereocenters. The molecule has 0 amide bonds. The van der Waals surface area contributed by atoms with Gasteiger partial charge in [-0.3, -0.25) is 4.79 Å². The summed E-state index contributed by atoms with van der Waals surface area (Å²) in [4.78, 5) is 12.3. The summed E-state index contributed by atoms with van der Waals surface area (Å²) >= 11 is 0. The topological polar surface area (TPSA) is 40.9 Å². The summed E-state index contributed by atoms with van der Waals surface area (Å²) < 4.78 is 40.5. The molecule has 0 saturated carbocycles. The summed E-state index contributed by atoms with van der Waals surface area (Å²) in [7, 11) is 0. The number of aryl methyl sites for hydroxylation is 1. The van der Waals surface area contributed by atoms with Crippen LogP contribution in [-0.2, 0) is 0 Å². The van der Waals surface area contributed by atoms with Crippen LogP contribution >= 0.6 is 0 Å². The minimum atomic E-state index is -1.53. The van der Waals surface area contributed by atoms with Crippen molar-refractivity contribution in [2.45, 2.75) is 12.8 Å². The maximum Gasteiger partial charge on any atom is 0.187 e. The number of hydrogen-bond acceptors (Lipinski definition) is 2. The Morgan fingerprint density at radius 3 is 2.52 bits per heavy atom. The van der Waals surface area contributed by atoms with E-state index in [0.29, 0.717) is 6.07 Å². The first-order valence-electron chi connectivity index (χ1n) is 6.09. The molecule has 0 saturated heterocycles. The SMILES string of the molecule is Cc1cccc(C(=O)C(C#N)c2ccc(F)cc2F)c1F. The molecule has 1 unspecified atom stereocenters. The molecule has 2 nitrogen and oxygen atoms in total. The van der Waals surface area contributed by atoms with E-state index in [2.05, 4.69) is 0 Å². The number of Topliss-reactive ketones (excluding diaryl/α,β-unsaturated/α-hetero) is 1. The van der Waals surface area contributed by atoms with Gasteiger partial charge in [0.1, 0.15) is 23.4 Å². The van der Waals surface area contributed by atoms with Crippen molar-refractivity contribution >= 4 is 5.78 Å². The van der Waals surface area contributed by atoms with Crippen molar-refractivity contribution in [3.8, 4) is 6.07 Å². The van der Waals surface area contributed by atoms with Crippen molar-refractivity contribution in [3.63, 3.8) is 0 Å². The minimum Gasteiger partial charge on any atom is -0.292 e. The van der Waals surface area contributed by atoms with Crippen LogP contribution in [0.5, 0.6) is 0 Å². The summed E-state index contributed by atoms with van der Waals surface area (Å²) in [5, 5.41) is 9.11. The molecule has 21 heavy (non-hydrogen) atoms. The van der Waals surface area contributed by atoms with E-state index in [-0.39, 0.29) is 16.7 Å². The Labute approximate surface area is 119 Å². The predicted octanol–water partition coefficient (Wildman–Crippen LogP) is 3.90. The molecular formula is C16H10F3NO. The zero-order valence-electron chi connectivity index (χ0n) is 11.0. The summed E-state index contributed by atoms with van der Waals surface area (Å²) in [6.45, 7) is 1.48. The molecule has 0 aliphatic heterocycles. The van der Waals surface area contributed by atoms with Gasteiger partial charge in [0.2, 0.25) is 0 Å². The Bertz CT molecular complexity index is 750. The quantitative estimate of drug-likeness (QED) is 0.804. The summed E-state index contributed by atoms with van der Waals surface area (Å²) in [6, 6.07) is 8.38. The molecule has 0 aliphatic carbocycles. The van der Waals surface area contributed by atoms with Gasteiger partial charge in [0.05, 0.1) is 11.6 Å². The monoisotopic (exact) mass is 289 g/mol. The van der Waals surface area contributed by atoms with Crippen molar-refractivity contribution in [2.24, 2.45) is 0 Å². The number of carbonyl (C=O) groups excluding carboxylic acids is 1. The van der Waals surface area contributed by atoms with E-state index in [0.717, 1.165) is 12.1 Å². The zero-order valence-corrected chi connectivity index (χ0v) is 11.0.